The lowest BCUT2D eigenvalue weighted by atomic mass is 10.1. The van der Waals surface area contributed by atoms with Gasteiger partial charge < -0.3 is 9.47 Å². The first-order valence-corrected chi connectivity index (χ1v) is 5.05. The molecule has 0 saturated carbocycles. The molecule has 0 spiro atoms. The predicted octanol–water partition coefficient (Wildman–Crippen LogP) is 2.72. The van der Waals surface area contributed by atoms with E-state index in [9.17, 15) is 0 Å². The predicted molar refractivity (Wildman–Crippen MR) is 49.6 cm³/mol. The average molecular weight is 213 g/mol. The first-order chi connectivity index (χ1) is 5.58. The Bertz CT molecular complexity index is 152. The normalized spacial score (nSPS) is 37.2. The Labute approximate surface area is 83.1 Å². The minimum atomic E-state index is -0.817. The van der Waals surface area contributed by atoms with Gasteiger partial charge in [0, 0.05) is 0 Å². The topological polar surface area (TPSA) is 18.5 Å². The summed E-state index contributed by atoms with van der Waals surface area (Å²) < 4.78 is 11.0. The summed E-state index contributed by atoms with van der Waals surface area (Å²) in [5.41, 5.74) is 0. The van der Waals surface area contributed by atoms with Gasteiger partial charge in [0.15, 0.2) is 10.6 Å². The highest BCUT2D eigenvalue weighted by Crippen LogP contribution is 2.32. The third-order valence-electron chi connectivity index (χ3n) is 2.08. The number of hydrogen-bond acceptors (Lipinski definition) is 2. The van der Waals surface area contributed by atoms with E-state index < -0.39 is 10.6 Å². The van der Waals surface area contributed by atoms with E-state index in [0.717, 1.165) is 12.8 Å². The van der Waals surface area contributed by atoms with E-state index in [4.69, 9.17) is 32.7 Å². The fourth-order valence-electron chi connectivity index (χ4n) is 1.22. The quantitative estimate of drug-likeness (QED) is 0.656. The molecule has 2 unspecified atom stereocenters. The van der Waals surface area contributed by atoms with E-state index in [1.165, 1.54) is 0 Å². The minimum Gasteiger partial charge on any atom is -0.347 e. The summed E-state index contributed by atoms with van der Waals surface area (Å²) in [5, 5.41) is 0. The minimum absolute atomic E-state index is 0.226. The van der Waals surface area contributed by atoms with Gasteiger partial charge >= 0.3 is 0 Å². The van der Waals surface area contributed by atoms with E-state index in [0.29, 0.717) is 6.61 Å². The highest BCUT2D eigenvalue weighted by molar-refractivity contribution is 6.45. The molecule has 72 valence electrons. The van der Waals surface area contributed by atoms with Crippen LogP contribution in [-0.2, 0) is 9.47 Å². The van der Waals surface area contributed by atoms with E-state index in [2.05, 4.69) is 6.92 Å². The van der Waals surface area contributed by atoms with Gasteiger partial charge in [-0.05, 0) is 19.8 Å². The summed E-state index contributed by atoms with van der Waals surface area (Å²) in [6.07, 6.45) is 2.12. The van der Waals surface area contributed by atoms with Crippen molar-refractivity contribution in [2.45, 2.75) is 43.4 Å². The average Bonchev–Trinajstić information content (AvgIpc) is 2.04. The third kappa shape index (κ3) is 2.25. The largest absolute Gasteiger partial charge is 0.347 e. The van der Waals surface area contributed by atoms with Crippen LogP contribution in [0, 0.1) is 0 Å². The second kappa shape index (κ2) is 4.14. The molecule has 1 aliphatic rings. The standard InChI is InChI=1S/C8H14Cl2O2/c1-3-6-4-5-11-8(2,12-6)7(9)10/h6-7H,3-5H2,1-2H3. The molecule has 2 nitrogen and oxygen atoms in total. The lowest BCUT2D eigenvalue weighted by Gasteiger charge is -2.39. The molecule has 4 heteroatoms. The number of halogens is 2. The molecule has 0 radical (unpaired) electrons. The number of hydrogen-bond donors (Lipinski definition) is 0. The van der Waals surface area contributed by atoms with E-state index in [-0.39, 0.29) is 6.10 Å². The zero-order valence-corrected chi connectivity index (χ0v) is 8.86. The van der Waals surface area contributed by atoms with Gasteiger partial charge in [0.2, 0.25) is 0 Å². The number of alkyl halides is 2. The van der Waals surface area contributed by atoms with Gasteiger partial charge in [-0.2, -0.15) is 0 Å². The lowest BCUT2D eigenvalue weighted by molar-refractivity contribution is -0.276. The fraction of sp³-hybridized carbons (Fsp3) is 1.00. The molecule has 0 aliphatic carbocycles. The van der Waals surface area contributed by atoms with Crippen molar-refractivity contribution in [2.24, 2.45) is 0 Å². The van der Waals surface area contributed by atoms with Crippen molar-refractivity contribution in [3.05, 3.63) is 0 Å². The van der Waals surface area contributed by atoms with Crippen LogP contribution in [0.3, 0.4) is 0 Å². The maximum Gasteiger partial charge on any atom is 0.196 e. The van der Waals surface area contributed by atoms with Crippen LogP contribution in [0.4, 0.5) is 0 Å². The maximum absolute atomic E-state index is 5.74. The molecule has 2 atom stereocenters. The molecule has 0 N–H and O–H groups in total. The maximum atomic E-state index is 5.74. The Morgan fingerprint density at radius 2 is 2.25 bits per heavy atom. The second-order valence-electron chi connectivity index (χ2n) is 3.10. The van der Waals surface area contributed by atoms with Crippen molar-refractivity contribution in [2.75, 3.05) is 6.61 Å². The molecule has 0 aromatic rings. The zero-order valence-electron chi connectivity index (χ0n) is 7.35. The van der Waals surface area contributed by atoms with Crippen LogP contribution in [0.5, 0.6) is 0 Å². The molecule has 1 fully saturated rings. The first-order valence-electron chi connectivity index (χ1n) is 4.18. The molecule has 0 aromatic heterocycles. The number of ether oxygens (including phenoxy) is 2. The van der Waals surface area contributed by atoms with Gasteiger partial charge in [-0.1, -0.05) is 30.1 Å². The molecule has 1 aliphatic heterocycles. The van der Waals surface area contributed by atoms with E-state index >= 15 is 0 Å². The van der Waals surface area contributed by atoms with E-state index in [1.54, 1.807) is 6.92 Å². The van der Waals surface area contributed by atoms with Crippen molar-refractivity contribution in [1.29, 1.82) is 0 Å². The fourth-order valence-corrected chi connectivity index (χ4v) is 1.45. The van der Waals surface area contributed by atoms with Crippen LogP contribution >= 0.6 is 23.2 Å². The van der Waals surface area contributed by atoms with Gasteiger partial charge in [-0.15, -0.1) is 0 Å². The summed E-state index contributed by atoms with van der Waals surface area (Å²) in [7, 11) is 0. The first kappa shape index (κ1) is 10.6. The Hall–Kier alpha value is 0.500. The Kier molecular flexibility index (Phi) is 3.65. The van der Waals surface area contributed by atoms with Crippen molar-refractivity contribution in [3.8, 4) is 0 Å². The van der Waals surface area contributed by atoms with Crippen LogP contribution in [0.1, 0.15) is 26.7 Å². The van der Waals surface area contributed by atoms with Crippen molar-refractivity contribution in [1.82, 2.24) is 0 Å². The smallest absolute Gasteiger partial charge is 0.196 e. The monoisotopic (exact) mass is 212 g/mol. The SMILES string of the molecule is CCC1CCOC(C)(C(Cl)Cl)O1. The van der Waals surface area contributed by atoms with Gasteiger partial charge in [0.25, 0.3) is 0 Å². The molecule has 1 rings (SSSR count). The summed E-state index contributed by atoms with van der Waals surface area (Å²) in [6.45, 7) is 4.53. The van der Waals surface area contributed by atoms with Crippen LogP contribution < -0.4 is 0 Å². The van der Waals surface area contributed by atoms with Crippen molar-refractivity contribution in [3.63, 3.8) is 0 Å². The van der Waals surface area contributed by atoms with Crippen LogP contribution in [0.25, 0.3) is 0 Å². The van der Waals surface area contributed by atoms with Crippen molar-refractivity contribution >= 4 is 23.2 Å². The van der Waals surface area contributed by atoms with Crippen LogP contribution in [0.2, 0.25) is 0 Å². The second-order valence-corrected chi connectivity index (χ2v) is 4.20. The van der Waals surface area contributed by atoms with Crippen LogP contribution in [-0.4, -0.2) is 23.3 Å². The van der Waals surface area contributed by atoms with E-state index in [1.807, 2.05) is 0 Å². The van der Waals surface area contributed by atoms with Crippen LogP contribution in [0.15, 0.2) is 0 Å². The molecular weight excluding hydrogens is 199 g/mol. The molecule has 12 heavy (non-hydrogen) atoms. The van der Waals surface area contributed by atoms with Gasteiger partial charge in [0.1, 0.15) is 0 Å². The van der Waals surface area contributed by atoms with Gasteiger partial charge in [-0.3, -0.25) is 0 Å². The number of rotatable bonds is 2. The van der Waals surface area contributed by atoms with Crippen molar-refractivity contribution < 1.29 is 9.47 Å². The third-order valence-corrected chi connectivity index (χ3v) is 2.87. The molecule has 0 bridgehead atoms. The molecule has 0 aromatic carbocycles. The molecule has 1 heterocycles. The lowest BCUT2D eigenvalue weighted by Crippen LogP contribution is -2.46. The molecular formula is C8H14Cl2O2. The summed E-state index contributed by atoms with van der Waals surface area (Å²) in [4.78, 5) is -0.633. The van der Waals surface area contributed by atoms with Gasteiger partial charge in [-0.25, -0.2) is 0 Å². The Balaban J connectivity index is 2.54. The highest BCUT2D eigenvalue weighted by atomic mass is 35.5. The summed E-state index contributed by atoms with van der Waals surface area (Å²) >= 11 is 11.5. The Morgan fingerprint density at radius 3 is 2.75 bits per heavy atom. The van der Waals surface area contributed by atoms with Gasteiger partial charge in [0.05, 0.1) is 12.7 Å². The Morgan fingerprint density at radius 1 is 1.58 bits per heavy atom. The summed E-state index contributed by atoms with van der Waals surface area (Å²) in [5.74, 6) is -0.817. The highest BCUT2D eigenvalue weighted by Gasteiger charge is 2.39. The molecule has 1 saturated heterocycles. The zero-order chi connectivity index (χ0) is 9.19. The molecule has 0 amide bonds. The summed E-state index contributed by atoms with van der Waals surface area (Å²) in [6, 6.07) is 0.